The van der Waals surface area contributed by atoms with Gasteiger partial charge in [-0.2, -0.15) is 0 Å². The lowest BCUT2D eigenvalue weighted by atomic mass is 10.2. The van der Waals surface area contributed by atoms with Crippen molar-refractivity contribution in [3.8, 4) is 0 Å². The molecule has 0 aromatic heterocycles. The number of benzene rings is 1. The summed E-state index contributed by atoms with van der Waals surface area (Å²) in [5.74, 6) is -4.79. The minimum Gasteiger partial charge on any atom is -0.478 e. The van der Waals surface area contributed by atoms with Gasteiger partial charge in [0.25, 0.3) is 0 Å². The molecule has 0 heterocycles. The van der Waals surface area contributed by atoms with E-state index in [-0.39, 0.29) is 13.0 Å². The number of sulfonamides is 1. The first-order chi connectivity index (χ1) is 9.72. The van der Waals surface area contributed by atoms with Gasteiger partial charge < -0.3 is 10.2 Å². The third-order valence-electron chi connectivity index (χ3n) is 2.82. The number of aromatic carboxylic acids is 1. The van der Waals surface area contributed by atoms with E-state index >= 15 is 0 Å². The van der Waals surface area contributed by atoms with Crippen LogP contribution in [0.5, 0.6) is 0 Å². The summed E-state index contributed by atoms with van der Waals surface area (Å²) < 4.78 is 53.1. The number of aliphatic hydroxyl groups excluding tert-OH is 1. The third-order valence-corrected chi connectivity index (χ3v) is 4.34. The van der Waals surface area contributed by atoms with Crippen LogP contribution >= 0.6 is 0 Å². The van der Waals surface area contributed by atoms with Crippen molar-refractivity contribution < 1.29 is 32.2 Å². The molecular formula is C12H15F2NO5S. The smallest absolute Gasteiger partial charge is 0.335 e. The molecule has 0 aliphatic rings. The lowest BCUT2D eigenvalue weighted by Gasteiger charge is -2.16. The van der Waals surface area contributed by atoms with Crippen molar-refractivity contribution in [1.29, 1.82) is 0 Å². The highest BCUT2D eigenvalue weighted by molar-refractivity contribution is 7.89. The number of hydrogen-bond donors (Lipinski definition) is 3. The van der Waals surface area contributed by atoms with Crippen LogP contribution < -0.4 is 4.72 Å². The molecular weight excluding hydrogens is 308 g/mol. The number of carboxylic acids is 1. The van der Waals surface area contributed by atoms with E-state index in [1.165, 1.54) is 0 Å². The fourth-order valence-electron chi connectivity index (χ4n) is 1.67. The second kappa shape index (κ2) is 6.92. The van der Waals surface area contributed by atoms with Gasteiger partial charge in [0.15, 0.2) is 11.6 Å². The maximum absolute atomic E-state index is 13.6. The Morgan fingerprint density at radius 2 is 2.00 bits per heavy atom. The normalized spacial score (nSPS) is 13.1. The number of rotatable bonds is 7. The number of nitrogens with one attached hydrogen (secondary N) is 1. The predicted octanol–water partition coefficient (Wildman–Crippen LogP) is 1.10. The molecule has 118 valence electrons. The fraction of sp³-hybridized carbons (Fsp3) is 0.417. The van der Waals surface area contributed by atoms with Gasteiger partial charge in [0.2, 0.25) is 10.0 Å². The van der Waals surface area contributed by atoms with E-state index < -0.39 is 44.1 Å². The molecule has 0 saturated heterocycles. The van der Waals surface area contributed by atoms with Crippen LogP contribution in [0, 0.1) is 11.6 Å². The summed E-state index contributed by atoms with van der Waals surface area (Å²) in [6.07, 6.45) is 0.418. The second-order valence-corrected chi connectivity index (χ2v) is 6.00. The molecule has 6 nitrogen and oxygen atoms in total. The van der Waals surface area contributed by atoms with Crippen molar-refractivity contribution in [3.05, 3.63) is 29.3 Å². The number of hydrogen-bond acceptors (Lipinski definition) is 4. The zero-order valence-electron chi connectivity index (χ0n) is 11.1. The maximum atomic E-state index is 13.6. The van der Waals surface area contributed by atoms with Crippen LogP contribution in [0.3, 0.4) is 0 Å². The summed E-state index contributed by atoms with van der Waals surface area (Å²) in [6.45, 7) is 1.36. The third kappa shape index (κ3) is 4.19. The Balaban J connectivity index is 3.27. The largest absolute Gasteiger partial charge is 0.478 e. The van der Waals surface area contributed by atoms with Crippen molar-refractivity contribution in [3.63, 3.8) is 0 Å². The molecule has 0 bridgehead atoms. The highest BCUT2D eigenvalue weighted by Gasteiger charge is 2.26. The molecule has 0 amide bonds. The van der Waals surface area contributed by atoms with Gasteiger partial charge in [0.1, 0.15) is 4.90 Å². The Kier molecular flexibility index (Phi) is 5.76. The summed E-state index contributed by atoms with van der Waals surface area (Å²) in [6, 6.07) is 0.284. The Bertz CT molecular complexity index is 633. The quantitative estimate of drug-likeness (QED) is 0.697. The van der Waals surface area contributed by atoms with Crippen LogP contribution in [-0.4, -0.2) is 37.2 Å². The Morgan fingerprint density at radius 3 is 2.48 bits per heavy atom. The fourth-order valence-corrected chi connectivity index (χ4v) is 3.13. The average molecular weight is 323 g/mol. The molecule has 0 fully saturated rings. The van der Waals surface area contributed by atoms with Crippen molar-refractivity contribution in [2.45, 2.75) is 30.7 Å². The SMILES string of the molecule is CCC(CCO)NS(=O)(=O)c1cc(C(=O)O)cc(F)c1F. The second-order valence-electron chi connectivity index (χ2n) is 4.31. The molecule has 0 radical (unpaired) electrons. The van der Waals surface area contributed by atoms with E-state index in [4.69, 9.17) is 10.2 Å². The van der Waals surface area contributed by atoms with Crippen molar-refractivity contribution >= 4 is 16.0 Å². The predicted molar refractivity (Wildman–Crippen MR) is 69.4 cm³/mol. The first-order valence-electron chi connectivity index (χ1n) is 6.08. The molecule has 0 spiro atoms. The van der Waals surface area contributed by atoms with E-state index in [0.717, 1.165) is 0 Å². The lowest BCUT2D eigenvalue weighted by molar-refractivity contribution is 0.0696. The first-order valence-corrected chi connectivity index (χ1v) is 7.56. The van der Waals surface area contributed by atoms with Gasteiger partial charge in [-0.1, -0.05) is 6.92 Å². The van der Waals surface area contributed by atoms with E-state index in [1.54, 1.807) is 6.92 Å². The molecule has 1 aromatic carbocycles. The molecule has 0 aliphatic heterocycles. The minimum absolute atomic E-state index is 0.0957. The minimum atomic E-state index is -4.44. The van der Waals surface area contributed by atoms with Gasteiger partial charge in [-0.05, 0) is 25.0 Å². The van der Waals surface area contributed by atoms with Crippen LogP contribution in [0.15, 0.2) is 17.0 Å². The highest BCUT2D eigenvalue weighted by Crippen LogP contribution is 2.20. The lowest BCUT2D eigenvalue weighted by Crippen LogP contribution is -2.35. The van der Waals surface area contributed by atoms with Gasteiger partial charge in [-0.15, -0.1) is 0 Å². The van der Waals surface area contributed by atoms with Gasteiger partial charge in [-0.25, -0.2) is 26.7 Å². The molecule has 3 N–H and O–H groups in total. The van der Waals surface area contributed by atoms with E-state index in [1.807, 2.05) is 0 Å². The van der Waals surface area contributed by atoms with Crippen LogP contribution in [0.25, 0.3) is 0 Å². The van der Waals surface area contributed by atoms with Crippen LogP contribution in [-0.2, 0) is 10.0 Å². The van der Waals surface area contributed by atoms with Gasteiger partial charge >= 0.3 is 5.97 Å². The topological polar surface area (TPSA) is 104 Å². The number of carbonyl (C=O) groups is 1. The molecule has 1 unspecified atom stereocenters. The summed E-state index contributed by atoms with van der Waals surface area (Å²) in [7, 11) is -4.44. The molecule has 9 heteroatoms. The summed E-state index contributed by atoms with van der Waals surface area (Å²) in [5, 5.41) is 17.6. The monoisotopic (exact) mass is 323 g/mol. The highest BCUT2D eigenvalue weighted by atomic mass is 32.2. The maximum Gasteiger partial charge on any atom is 0.335 e. The molecule has 1 rings (SSSR count). The Hall–Kier alpha value is -1.58. The zero-order valence-corrected chi connectivity index (χ0v) is 12.0. The zero-order chi connectivity index (χ0) is 16.2. The van der Waals surface area contributed by atoms with E-state index in [9.17, 15) is 22.0 Å². The van der Waals surface area contributed by atoms with Crippen LogP contribution in [0.1, 0.15) is 30.1 Å². The standard InChI is InChI=1S/C12H15F2NO5S/c1-2-8(3-4-16)15-21(19,20)10-6-7(12(17)18)5-9(13)11(10)14/h5-6,8,15-16H,2-4H2,1H3,(H,17,18). The van der Waals surface area contributed by atoms with Crippen molar-refractivity contribution in [2.24, 2.45) is 0 Å². The van der Waals surface area contributed by atoms with Crippen molar-refractivity contribution in [1.82, 2.24) is 4.72 Å². The van der Waals surface area contributed by atoms with Gasteiger partial charge in [0, 0.05) is 12.6 Å². The van der Waals surface area contributed by atoms with E-state index in [0.29, 0.717) is 18.6 Å². The number of halogens is 2. The van der Waals surface area contributed by atoms with Gasteiger partial charge in [0.05, 0.1) is 5.56 Å². The summed E-state index contributed by atoms with van der Waals surface area (Å²) in [4.78, 5) is 9.71. The molecule has 1 atom stereocenters. The van der Waals surface area contributed by atoms with Crippen LogP contribution in [0.2, 0.25) is 0 Å². The summed E-state index contributed by atoms with van der Waals surface area (Å²) >= 11 is 0. The number of aliphatic hydroxyl groups is 1. The first kappa shape index (κ1) is 17.5. The Labute approximate surface area is 120 Å². The van der Waals surface area contributed by atoms with Crippen molar-refractivity contribution in [2.75, 3.05) is 6.61 Å². The summed E-state index contributed by atoms with van der Waals surface area (Å²) in [5.41, 5.74) is -0.676. The molecule has 0 saturated carbocycles. The number of carboxylic acid groups (broad SMARTS) is 1. The molecule has 21 heavy (non-hydrogen) atoms. The molecule has 0 aliphatic carbocycles. The Morgan fingerprint density at radius 1 is 1.38 bits per heavy atom. The van der Waals surface area contributed by atoms with E-state index in [2.05, 4.69) is 4.72 Å². The van der Waals surface area contributed by atoms with Crippen LogP contribution in [0.4, 0.5) is 8.78 Å². The molecule has 1 aromatic rings. The van der Waals surface area contributed by atoms with Gasteiger partial charge in [-0.3, -0.25) is 0 Å². The average Bonchev–Trinajstić information content (AvgIpc) is 2.40.